The molecule has 1 N–H and O–H groups in total. The fourth-order valence-corrected chi connectivity index (χ4v) is 4.58. The Morgan fingerprint density at radius 3 is 2.26 bits per heavy atom. The molecule has 0 bridgehead atoms. The molecule has 0 aromatic heterocycles. The summed E-state index contributed by atoms with van der Waals surface area (Å²) in [6.45, 7) is 0. The van der Waals surface area contributed by atoms with Gasteiger partial charge in [-0.1, -0.05) is 42.5 Å². The highest BCUT2D eigenvalue weighted by molar-refractivity contribution is 5.54. The second-order valence-corrected chi connectivity index (χ2v) is 7.60. The van der Waals surface area contributed by atoms with Gasteiger partial charge in [-0.3, -0.25) is 0 Å². The van der Waals surface area contributed by atoms with Gasteiger partial charge in [-0.05, 0) is 49.3 Å². The van der Waals surface area contributed by atoms with Gasteiger partial charge in [0.1, 0.15) is 0 Å². The van der Waals surface area contributed by atoms with Crippen LogP contribution in [-0.4, -0.2) is 45.3 Å². The maximum atomic E-state index is 5.62. The molecule has 0 saturated carbocycles. The van der Waals surface area contributed by atoms with Gasteiger partial charge < -0.3 is 19.7 Å². The molecule has 0 amide bonds. The number of nitrogens with one attached hydrogen (secondary N) is 1. The van der Waals surface area contributed by atoms with E-state index in [2.05, 4.69) is 78.9 Å². The van der Waals surface area contributed by atoms with Crippen molar-refractivity contribution in [1.82, 2.24) is 10.2 Å². The molecule has 0 spiro atoms. The topological polar surface area (TPSA) is 33.7 Å². The zero-order valence-corrected chi connectivity index (χ0v) is 16.5. The summed E-state index contributed by atoms with van der Waals surface area (Å²) in [5, 5.41) is 3.96. The highest BCUT2D eigenvalue weighted by atomic mass is 16.5. The number of benzene rings is 2. The van der Waals surface area contributed by atoms with Crippen LogP contribution in [0.4, 0.5) is 0 Å². The molecular weight excluding hydrogens is 336 g/mol. The monoisotopic (exact) mass is 364 g/mol. The first kappa shape index (κ1) is 18.1. The van der Waals surface area contributed by atoms with Gasteiger partial charge in [0.05, 0.1) is 20.3 Å². The molecule has 27 heavy (non-hydrogen) atoms. The summed E-state index contributed by atoms with van der Waals surface area (Å²) < 4.78 is 11.2. The summed E-state index contributed by atoms with van der Waals surface area (Å²) in [7, 11) is 7.72. The number of ether oxygens (including phenoxy) is 2. The number of hydrogen-bond acceptors (Lipinski definition) is 4. The molecule has 142 valence electrons. The van der Waals surface area contributed by atoms with Gasteiger partial charge in [-0.25, -0.2) is 0 Å². The predicted molar refractivity (Wildman–Crippen MR) is 109 cm³/mol. The van der Waals surface area contributed by atoms with E-state index in [9.17, 15) is 0 Å². The Hall–Kier alpha value is -2.30. The van der Waals surface area contributed by atoms with Crippen LogP contribution in [-0.2, 0) is 0 Å². The van der Waals surface area contributed by atoms with Crippen molar-refractivity contribution in [2.45, 2.75) is 30.5 Å². The van der Waals surface area contributed by atoms with Crippen molar-refractivity contribution in [3.8, 4) is 11.5 Å². The van der Waals surface area contributed by atoms with E-state index >= 15 is 0 Å². The molecule has 2 aromatic carbocycles. The first-order valence-electron chi connectivity index (χ1n) is 9.54. The van der Waals surface area contributed by atoms with Crippen molar-refractivity contribution in [2.24, 2.45) is 0 Å². The van der Waals surface area contributed by atoms with Gasteiger partial charge in [0.2, 0.25) is 0 Å². The normalized spacial score (nSPS) is 26.4. The molecule has 0 saturated heterocycles. The Labute approximate surface area is 161 Å². The van der Waals surface area contributed by atoms with Gasteiger partial charge in [-0.2, -0.15) is 0 Å². The van der Waals surface area contributed by atoms with E-state index in [-0.39, 0.29) is 6.04 Å². The Morgan fingerprint density at radius 1 is 0.963 bits per heavy atom. The fourth-order valence-electron chi connectivity index (χ4n) is 4.58. The number of nitrogens with zero attached hydrogens (tertiary/aromatic N) is 1. The standard InChI is InChI=1S/C23H28N2O2/c1-25(2)19-12-8-11-16-17-13-20(26-3)21(27-4)14-18(17)22(24-23(16)19)15-9-6-5-7-10-15/h5-10,12-14,16,19,22-24H,11H2,1-4H3/t16-,19-,22?,23?/m0/s1. The molecule has 4 atom stereocenters. The van der Waals surface area contributed by atoms with Gasteiger partial charge >= 0.3 is 0 Å². The largest absolute Gasteiger partial charge is 0.493 e. The average molecular weight is 364 g/mol. The number of likely N-dealkylation sites (N-methyl/N-ethyl adjacent to an activating group) is 1. The minimum atomic E-state index is 0.135. The van der Waals surface area contributed by atoms with E-state index in [0.29, 0.717) is 18.0 Å². The Kier molecular flexibility index (Phi) is 4.94. The van der Waals surface area contributed by atoms with Crippen LogP contribution >= 0.6 is 0 Å². The van der Waals surface area contributed by atoms with Crippen LogP contribution in [0.2, 0.25) is 0 Å². The van der Waals surface area contributed by atoms with Crippen LogP contribution in [0.5, 0.6) is 11.5 Å². The van der Waals surface area contributed by atoms with Gasteiger partial charge in [0.25, 0.3) is 0 Å². The average Bonchev–Trinajstić information content (AvgIpc) is 2.72. The lowest BCUT2D eigenvalue weighted by Gasteiger charge is -2.46. The first-order chi connectivity index (χ1) is 13.1. The Morgan fingerprint density at radius 2 is 1.63 bits per heavy atom. The summed E-state index contributed by atoms with van der Waals surface area (Å²) in [5.74, 6) is 2.00. The zero-order chi connectivity index (χ0) is 19.0. The van der Waals surface area contributed by atoms with Crippen molar-refractivity contribution in [3.63, 3.8) is 0 Å². The summed E-state index contributed by atoms with van der Waals surface area (Å²) in [6.07, 6.45) is 5.69. The summed E-state index contributed by atoms with van der Waals surface area (Å²) in [5.41, 5.74) is 3.92. The molecule has 1 aliphatic heterocycles. The predicted octanol–water partition coefficient (Wildman–Crippen LogP) is 3.74. The molecule has 0 fully saturated rings. The molecule has 2 aliphatic rings. The van der Waals surface area contributed by atoms with Crippen LogP contribution in [0.15, 0.2) is 54.6 Å². The highest BCUT2D eigenvalue weighted by Gasteiger charge is 2.41. The molecular formula is C23H28N2O2. The number of allylic oxidation sites excluding steroid dienone is 1. The lowest BCUT2D eigenvalue weighted by molar-refractivity contribution is 0.216. The number of rotatable bonds is 4. The van der Waals surface area contributed by atoms with Crippen molar-refractivity contribution < 1.29 is 9.47 Å². The van der Waals surface area contributed by atoms with Crippen molar-refractivity contribution in [2.75, 3.05) is 28.3 Å². The van der Waals surface area contributed by atoms with Crippen molar-refractivity contribution >= 4 is 0 Å². The minimum Gasteiger partial charge on any atom is -0.493 e. The van der Waals surface area contributed by atoms with Crippen molar-refractivity contribution in [1.29, 1.82) is 0 Å². The van der Waals surface area contributed by atoms with Gasteiger partial charge in [-0.15, -0.1) is 0 Å². The number of methoxy groups -OCH3 is 2. The molecule has 2 aromatic rings. The van der Waals surface area contributed by atoms with E-state index < -0.39 is 0 Å². The second kappa shape index (κ2) is 7.37. The third kappa shape index (κ3) is 3.13. The lowest BCUT2D eigenvalue weighted by Crippen LogP contribution is -2.54. The van der Waals surface area contributed by atoms with E-state index in [1.165, 1.54) is 16.7 Å². The Bertz CT molecular complexity index is 832. The second-order valence-electron chi connectivity index (χ2n) is 7.60. The molecule has 0 radical (unpaired) electrons. The van der Waals surface area contributed by atoms with Crippen molar-refractivity contribution in [3.05, 3.63) is 71.3 Å². The maximum absolute atomic E-state index is 5.62. The quantitative estimate of drug-likeness (QED) is 0.838. The van der Waals surface area contributed by atoms with Gasteiger partial charge in [0, 0.05) is 18.0 Å². The fraction of sp³-hybridized carbons (Fsp3) is 0.391. The van der Waals surface area contributed by atoms with Crippen LogP contribution in [0.3, 0.4) is 0 Å². The van der Waals surface area contributed by atoms with Crippen LogP contribution < -0.4 is 14.8 Å². The minimum absolute atomic E-state index is 0.135. The maximum Gasteiger partial charge on any atom is 0.161 e. The molecule has 1 aliphatic carbocycles. The molecule has 4 nitrogen and oxygen atoms in total. The summed E-state index contributed by atoms with van der Waals surface area (Å²) in [6, 6.07) is 15.8. The Balaban J connectivity index is 1.88. The smallest absolute Gasteiger partial charge is 0.161 e. The number of hydrogen-bond donors (Lipinski definition) is 1. The summed E-state index contributed by atoms with van der Waals surface area (Å²) in [4.78, 5) is 2.30. The third-order valence-corrected chi connectivity index (χ3v) is 5.91. The van der Waals surface area contributed by atoms with E-state index in [4.69, 9.17) is 9.47 Å². The SMILES string of the molecule is COc1cc2c(cc1OC)[C@@H]1CC=C[C@H](N(C)C)C1NC2c1ccccc1. The molecule has 4 heteroatoms. The van der Waals surface area contributed by atoms with Crippen LogP contribution in [0.25, 0.3) is 0 Å². The van der Waals surface area contributed by atoms with Crippen LogP contribution in [0, 0.1) is 0 Å². The summed E-state index contributed by atoms with van der Waals surface area (Å²) >= 11 is 0. The number of fused-ring (bicyclic) bond motifs is 3. The highest BCUT2D eigenvalue weighted by Crippen LogP contribution is 2.46. The van der Waals surface area contributed by atoms with Crippen LogP contribution in [0.1, 0.15) is 35.1 Å². The van der Waals surface area contributed by atoms with E-state index in [1.807, 2.05) is 0 Å². The third-order valence-electron chi connectivity index (χ3n) is 5.91. The van der Waals surface area contributed by atoms with E-state index in [0.717, 1.165) is 17.9 Å². The molecule has 2 unspecified atom stereocenters. The lowest BCUT2D eigenvalue weighted by atomic mass is 9.73. The molecule has 4 rings (SSSR count). The van der Waals surface area contributed by atoms with Gasteiger partial charge in [0.15, 0.2) is 11.5 Å². The van der Waals surface area contributed by atoms with E-state index in [1.54, 1.807) is 14.2 Å². The zero-order valence-electron chi connectivity index (χ0n) is 16.5. The first-order valence-corrected chi connectivity index (χ1v) is 9.54. The molecule has 1 heterocycles.